The Labute approximate surface area is 150 Å². The first-order chi connectivity index (χ1) is 11.4. The molecule has 3 rings (SSSR count). The van der Waals surface area contributed by atoms with Crippen LogP contribution in [0.2, 0.25) is 5.02 Å². The topological polar surface area (TPSA) is 65.5 Å². The number of amides is 1. The summed E-state index contributed by atoms with van der Waals surface area (Å²) in [5.41, 5.74) is 1.08. The molecule has 0 atom stereocenters. The molecule has 5 nitrogen and oxygen atoms in total. The maximum atomic E-state index is 11.0. The zero-order valence-electron chi connectivity index (χ0n) is 13.5. The molecule has 128 valence electrons. The molecule has 1 aliphatic rings. The standard InChI is InChI=1S/C17H20ClN3O2S/c1-12(22)19-16-20-15(11-24-16)10-21-8-6-17(23,7-9-21)13-2-4-14(18)5-3-13/h2-5,11,23H,6-10H2,1H3,(H,19,20,22). The van der Waals surface area contributed by atoms with E-state index in [1.54, 1.807) is 0 Å². The minimum absolute atomic E-state index is 0.109. The number of piperidine rings is 1. The van der Waals surface area contributed by atoms with E-state index < -0.39 is 5.60 Å². The van der Waals surface area contributed by atoms with Crippen molar-refractivity contribution in [2.24, 2.45) is 0 Å². The number of benzene rings is 1. The highest BCUT2D eigenvalue weighted by atomic mass is 35.5. The fraction of sp³-hybridized carbons (Fsp3) is 0.412. The Morgan fingerprint density at radius 1 is 1.38 bits per heavy atom. The van der Waals surface area contributed by atoms with Crippen LogP contribution < -0.4 is 5.32 Å². The molecule has 1 aromatic heterocycles. The van der Waals surface area contributed by atoms with Crippen LogP contribution in [0.3, 0.4) is 0 Å². The van der Waals surface area contributed by atoms with Crippen molar-refractivity contribution >= 4 is 34.0 Å². The van der Waals surface area contributed by atoms with Gasteiger partial charge in [0, 0.05) is 37.0 Å². The fourth-order valence-electron chi connectivity index (χ4n) is 2.95. The predicted molar refractivity (Wildman–Crippen MR) is 96.3 cm³/mol. The second-order valence-corrected chi connectivity index (χ2v) is 7.43. The number of nitrogens with zero attached hydrogens (tertiary/aromatic N) is 2. The van der Waals surface area contributed by atoms with Crippen LogP contribution in [0.15, 0.2) is 29.6 Å². The molecule has 1 amide bonds. The van der Waals surface area contributed by atoms with Gasteiger partial charge < -0.3 is 10.4 Å². The Hall–Kier alpha value is -1.47. The van der Waals surface area contributed by atoms with Crippen LogP contribution in [-0.2, 0) is 16.9 Å². The number of aromatic nitrogens is 1. The van der Waals surface area contributed by atoms with Crippen molar-refractivity contribution in [3.63, 3.8) is 0 Å². The van der Waals surface area contributed by atoms with E-state index in [-0.39, 0.29) is 5.91 Å². The number of rotatable bonds is 4. The Balaban J connectivity index is 1.57. The fourth-order valence-corrected chi connectivity index (χ4v) is 3.82. The molecule has 1 fully saturated rings. The van der Waals surface area contributed by atoms with Gasteiger partial charge in [0.1, 0.15) is 0 Å². The molecule has 2 N–H and O–H groups in total. The van der Waals surface area contributed by atoms with E-state index in [0.29, 0.717) is 23.0 Å². The number of halogens is 1. The largest absolute Gasteiger partial charge is 0.385 e. The number of hydrogen-bond acceptors (Lipinski definition) is 5. The molecule has 0 bridgehead atoms. The number of anilines is 1. The molecule has 1 aliphatic heterocycles. The van der Waals surface area contributed by atoms with Crippen molar-refractivity contribution in [1.29, 1.82) is 0 Å². The molecule has 2 aromatic rings. The summed E-state index contributed by atoms with van der Waals surface area (Å²) in [6, 6.07) is 7.44. The van der Waals surface area contributed by atoms with Crippen LogP contribution in [0, 0.1) is 0 Å². The van der Waals surface area contributed by atoms with Crippen molar-refractivity contribution in [3.8, 4) is 0 Å². The molecule has 0 aliphatic carbocycles. The van der Waals surface area contributed by atoms with Gasteiger partial charge in [0.05, 0.1) is 11.3 Å². The number of thiazole rings is 1. The van der Waals surface area contributed by atoms with Crippen molar-refractivity contribution < 1.29 is 9.90 Å². The van der Waals surface area contributed by atoms with Gasteiger partial charge in [0.25, 0.3) is 0 Å². The van der Waals surface area contributed by atoms with Gasteiger partial charge in [0.15, 0.2) is 5.13 Å². The number of aliphatic hydroxyl groups is 1. The second kappa shape index (κ2) is 7.19. The van der Waals surface area contributed by atoms with E-state index in [2.05, 4.69) is 15.2 Å². The van der Waals surface area contributed by atoms with Crippen LogP contribution in [-0.4, -0.2) is 34.0 Å². The van der Waals surface area contributed by atoms with Gasteiger partial charge in [-0.15, -0.1) is 11.3 Å². The lowest BCUT2D eigenvalue weighted by Crippen LogP contribution is -2.42. The minimum Gasteiger partial charge on any atom is -0.385 e. The van der Waals surface area contributed by atoms with Gasteiger partial charge in [-0.05, 0) is 30.5 Å². The van der Waals surface area contributed by atoms with E-state index in [1.165, 1.54) is 18.3 Å². The summed E-state index contributed by atoms with van der Waals surface area (Å²) in [5.74, 6) is -0.109. The third-order valence-electron chi connectivity index (χ3n) is 4.29. The van der Waals surface area contributed by atoms with Gasteiger partial charge in [-0.3, -0.25) is 9.69 Å². The molecule has 1 aromatic carbocycles. The molecule has 0 spiro atoms. The van der Waals surface area contributed by atoms with Crippen molar-refractivity contribution in [3.05, 3.63) is 45.9 Å². The van der Waals surface area contributed by atoms with Crippen molar-refractivity contribution in [2.45, 2.75) is 31.9 Å². The van der Waals surface area contributed by atoms with Crippen LogP contribution in [0.4, 0.5) is 5.13 Å². The van der Waals surface area contributed by atoms with Crippen LogP contribution in [0.25, 0.3) is 0 Å². The average Bonchev–Trinajstić information content (AvgIpc) is 2.96. The Kier molecular flexibility index (Phi) is 5.20. The molecule has 7 heteroatoms. The summed E-state index contributed by atoms with van der Waals surface area (Å²) < 4.78 is 0. The first kappa shape index (κ1) is 17.4. The molecule has 2 heterocycles. The highest BCUT2D eigenvalue weighted by Gasteiger charge is 2.34. The molecule has 1 saturated heterocycles. The Bertz CT molecular complexity index is 709. The monoisotopic (exact) mass is 365 g/mol. The third-order valence-corrected chi connectivity index (χ3v) is 5.34. The molecule has 0 unspecified atom stereocenters. The van der Waals surface area contributed by atoms with E-state index in [9.17, 15) is 9.90 Å². The minimum atomic E-state index is -0.787. The van der Waals surface area contributed by atoms with Crippen LogP contribution in [0.1, 0.15) is 31.0 Å². The van der Waals surface area contributed by atoms with Gasteiger partial charge in [0.2, 0.25) is 5.91 Å². The van der Waals surface area contributed by atoms with Crippen molar-refractivity contribution in [1.82, 2.24) is 9.88 Å². The van der Waals surface area contributed by atoms with Gasteiger partial charge >= 0.3 is 0 Å². The molecule has 24 heavy (non-hydrogen) atoms. The molecular weight excluding hydrogens is 346 g/mol. The predicted octanol–water partition coefficient (Wildman–Crippen LogP) is 3.24. The van der Waals surface area contributed by atoms with E-state index >= 15 is 0 Å². The third kappa shape index (κ3) is 4.13. The first-order valence-corrected chi connectivity index (χ1v) is 9.13. The molecule has 0 saturated carbocycles. The Morgan fingerprint density at radius 2 is 2.04 bits per heavy atom. The first-order valence-electron chi connectivity index (χ1n) is 7.87. The highest BCUT2D eigenvalue weighted by Crippen LogP contribution is 2.34. The van der Waals surface area contributed by atoms with E-state index in [1.807, 2.05) is 29.6 Å². The van der Waals surface area contributed by atoms with Crippen molar-refractivity contribution in [2.75, 3.05) is 18.4 Å². The highest BCUT2D eigenvalue weighted by molar-refractivity contribution is 7.13. The maximum absolute atomic E-state index is 11.0. The van der Waals surface area contributed by atoms with Gasteiger partial charge in [-0.1, -0.05) is 23.7 Å². The summed E-state index contributed by atoms with van der Waals surface area (Å²) in [4.78, 5) is 17.7. The lowest BCUT2D eigenvalue weighted by molar-refractivity contribution is -0.114. The second-order valence-electron chi connectivity index (χ2n) is 6.14. The van der Waals surface area contributed by atoms with Crippen LogP contribution in [0.5, 0.6) is 0 Å². The SMILES string of the molecule is CC(=O)Nc1nc(CN2CCC(O)(c3ccc(Cl)cc3)CC2)cs1. The number of likely N-dealkylation sites (tertiary alicyclic amines) is 1. The number of hydrogen-bond donors (Lipinski definition) is 2. The summed E-state index contributed by atoms with van der Waals surface area (Å²) in [7, 11) is 0. The quantitative estimate of drug-likeness (QED) is 0.873. The van der Waals surface area contributed by atoms with Gasteiger partial charge in [-0.25, -0.2) is 4.98 Å². The maximum Gasteiger partial charge on any atom is 0.223 e. The summed E-state index contributed by atoms with van der Waals surface area (Å²) in [5, 5.41) is 16.9. The molecule has 0 radical (unpaired) electrons. The smallest absolute Gasteiger partial charge is 0.223 e. The van der Waals surface area contributed by atoms with E-state index in [4.69, 9.17) is 11.6 Å². The summed E-state index contributed by atoms with van der Waals surface area (Å²) in [6.07, 6.45) is 1.36. The Morgan fingerprint density at radius 3 is 2.67 bits per heavy atom. The summed E-state index contributed by atoms with van der Waals surface area (Å²) >= 11 is 7.35. The van der Waals surface area contributed by atoms with E-state index in [0.717, 1.165) is 30.9 Å². The lowest BCUT2D eigenvalue weighted by atomic mass is 9.84. The average molecular weight is 366 g/mol. The number of nitrogens with one attached hydrogen (secondary N) is 1. The van der Waals surface area contributed by atoms with Gasteiger partial charge in [-0.2, -0.15) is 0 Å². The zero-order chi connectivity index (χ0) is 17.2. The normalized spacial score (nSPS) is 17.6. The van der Waals surface area contributed by atoms with Crippen LogP contribution >= 0.6 is 22.9 Å². The summed E-state index contributed by atoms with van der Waals surface area (Å²) in [6.45, 7) is 3.80. The molecular formula is C17H20ClN3O2S. The number of carbonyl (C=O) groups excluding carboxylic acids is 1. The zero-order valence-corrected chi connectivity index (χ0v) is 15.0. The lowest BCUT2D eigenvalue weighted by Gasteiger charge is -2.38. The number of carbonyl (C=O) groups is 1.